The average molecular weight is 363 g/mol. The minimum Gasteiger partial charge on any atom is -0.368 e. The van der Waals surface area contributed by atoms with Gasteiger partial charge in [-0.3, -0.25) is 9.48 Å². The Bertz CT molecular complexity index is 599. The van der Waals surface area contributed by atoms with Crippen LogP contribution in [0.1, 0.15) is 55.8 Å². The first-order valence-corrected chi connectivity index (χ1v) is 9.98. The van der Waals surface area contributed by atoms with Crippen molar-refractivity contribution in [3.63, 3.8) is 0 Å². The van der Waals surface area contributed by atoms with Crippen molar-refractivity contribution >= 4 is 5.91 Å². The molecule has 1 saturated carbocycles. The largest absolute Gasteiger partial charge is 0.368 e. The van der Waals surface area contributed by atoms with Crippen molar-refractivity contribution in [3.05, 3.63) is 17.5 Å². The quantitative estimate of drug-likeness (QED) is 0.780. The lowest BCUT2D eigenvalue weighted by atomic mass is 9.80. The van der Waals surface area contributed by atoms with E-state index in [1.807, 2.05) is 23.7 Å². The fourth-order valence-corrected chi connectivity index (χ4v) is 4.34. The van der Waals surface area contributed by atoms with E-state index in [9.17, 15) is 4.79 Å². The molecule has 6 heteroatoms. The van der Waals surface area contributed by atoms with Gasteiger partial charge in [-0.05, 0) is 64.6 Å². The van der Waals surface area contributed by atoms with Crippen molar-refractivity contribution in [2.45, 2.75) is 57.1 Å². The number of aryl methyl sites for hydroxylation is 1. The van der Waals surface area contributed by atoms with Gasteiger partial charge in [0.15, 0.2) is 0 Å². The summed E-state index contributed by atoms with van der Waals surface area (Å²) in [5.41, 5.74) is 2.51. The van der Waals surface area contributed by atoms with Gasteiger partial charge in [0, 0.05) is 39.7 Å². The maximum Gasteiger partial charge on any atom is 0.251 e. The first kappa shape index (κ1) is 19.4. The standard InChI is InChI=1S/C20H34N4O2/c1-22(2)14-17-12-18(21-24(17)4)16-9-7-15(8-10-16)13-23(3)20(25)19-6-5-11-26-19/h12,15-16,19H,5-11,13-14H2,1-4H3/t15?,16?,19-/m0/s1. The summed E-state index contributed by atoms with van der Waals surface area (Å²) >= 11 is 0. The zero-order valence-corrected chi connectivity index (χ0v) is 16.8. The molecule has 0 bridgehead atoms. The molecule has 1 amide bonds. The number of hydrogen-bond donors (Lipinski definition) is 0. The predicted molar refractivity (Wildman–Crippen MR) is 102 cm³/mol. The average Bonchev–Trinajstić information content (AvgIpc) is 3.25. The molecule has 0 unspecified atom stereocenters. The van der Waals surface area contributed by atoms with Crippen molar-refractivity contribution in [2.75, 3.05) is 34.3 Å². The van der Waals surface area contributed by atoms with Crippen LogP contribution in [0.15, 0.2) is 6.07 Å². The monoisotopic (exact) mass is 362 g/mol. The van der Waals surface area contributed by atoms with Crippen LogP contribution in [0, 0.1) is 5.92 Å². The third-order valence-corrected chi connectivity index (χ3v) is 5.85. The summed E-state index contributed by atoms with van der Waals surface area (Å²) in [6.07, 6.45) is 6.39. The van der Waals surface area contributed by atoms with E-state index in [2.05, 4.69) is 25.1 Å². The minimum absolute atomic E-state index is 0.169. The van der Waals surface area contributed by atoms with Gasteiger partial charge in [-0.1, -0.05) is 0 Å². The Labute approximate surface area is 157 Å². The highest BCUT2D eigenvalue weighted by Crippen LogP contribution is 2.36. The molecule has 2 aliphatic rings. The number of carbonyl (C=O) groups is 1. The van der Waals surface area contributed by atoms with Crippen molar-refractivity contribution < 1.29 is 9.53 Å². The lowest BCUT2D eigenvalue weighted by Gasteiger charge is -2.31. The topological polar surface area (TPSA) is 50.6 Å². The molecule has 6 nitrogen and oxygen atoms in total. The fraction of sp³-hybridized carbons (Fsp3) is 0.800. The number of ether oxygens (including phenoxy) is 1. The van der Waals surface area contributed by atoms with E-state index in [0.29, 0.717) is 11.8 Å². The molecule has 1 aliphatic carbocycles. The summed E-state index contributed by atoms with van der Waals surface area (Å²) in [6, 6.07) is 2.28. The third kappa shape index (κ3) is 4.65. The molecule has 1 saturated heterocycles. The lowest BCUT2D eigenvalue weighted by Crippen LogP contribution is -2.39. The highest BCUT2D eigenvalue weighted by atomic mass is 16.5. The van der Waals surface area contributed by atoms with Crippen molar-refractivity contribution in [1.82, 2.24) is 19.6 Å². The summed E-state index contributed by atoms with van der Waals surface area (Å²) in [4.78, 5) is 16.5. The van der Waals surface area contributed by atoms with Gasteiger partial charge in [0.05, 0.1) is 11.4 Å². The molecule has 2 heterocycles. The first-order valence-electron chi connectivity index (χ1n) is 9.98. The lowest BCUT2D eigenvalue weighted by molar-refractivity contribution is -0.140. The van der Waals surface area contributed by atoms with E-state index in [1.54, 1.807) is 0 Å². The van der Waals surface area contributed by atoms with Gasteiger partial charge >= 0.3 is 0 Å². The minimum atomic E-state index is -0.194. The van der Waals surface area contributed by atoms with E-state index in [0.717, 1.165) is 32.5 Å². The van der Waals surface area contributed by atoms with E-state index < -0.39 is 0 Å². The number of rotatable bonds is 6. The zero-order chi connectivity index (χ0) is 18.7. The summed E-state index contributed by atoms with van der Waals surface area (Å²) in [5, 5.41) is 4.76. The predicted octanol–water partition coefficient (Wildman–Crippen LogP) is 2.39. The van der Waals surface area contributed by atoms with Crippen molar-refractivity contribution in [2.24, 2.45) is 13.0 Å². The number of likely N-dealkylation sites (N-methyl/N-ethyl adjacent to an activating group) is 1. The van der Waals surface area contributed by atoms with Gasteiger partial charge in [0.2, 0.25) is 0 Å². The molecule has 26 heavy (non-hydrogen) atoms. The molecular formula is C20H34N4O2. The van der Waals surface area contributed by atoms with Crippen LogP contribution in [-0.2, 0) is 23.1 Å². The van der Waals surface area contributed by atoms with Gasteiger partial charge in [-0.2, -0.15) is 5.10 Å². The Hall–Kier alpha value is -1.40. The van der Waals surface area contributed by atoms with Crippen LogP contribution in [-0.4, -0.2) is 65.9 Å². The highest BCUT2D eigenvalue weighted by Gasteiger charge is 2.30. The Morgan fingerprint density at radius 3 is 2.58 bits per heavy atom. The molecule has 146 valence electrons. The van der Waals surface area contributed by atoms with Crippen LogP contribution >= 0.6 is 0 Å². The Morgan fingerprint density at radius 1 is 1.23 bits per heavy atom. The molecule has 0 N–H and O–H groups in total. The van der Waals surface area contributed by atoms with Gasteiger partial charge in [0.1, 0.15) is 6.10 Å². The van der Waals surface area contributed by atoms with Crippen molar-refractivity contribution in [1.29, 1.82) is 0 Å². The van der Waals surface area contributed by atoms with Gasteiger partial charge < -0.3 is 14.5 Å². The molecule has 0 aromatic carbocycles. The Balaban J connectivity index is 1.49. The molecule has 0 radical (unpaired) electrons. The maximum atomic E-state index is 12.4. The fourth-order valence-electron chi connectivity index (χ4n) is 4.34. The van der Waals surface area contributed by atoms with E-state index in [4.69, 9.17) is 9.84 Å². The normalized spacial score (nSPS) is 26.4. The molecule has 1 aromatic heterocycles. The SMILES string of the molecule is CN(C)Cc1cc(C2CCC(CN(C)C(=O)[C@@H]3CCCO3)CC2)nn1C. The van der Waals surface area contributed by atoms with Crippen LogP contribution in [0.25, 0.3) is 0 Å². The van der Waals surface area contributed by atoms with Gasteiger partial charge in [0.25, 0.3) is 5.91 Å². The van der Waals surface area contributed by atoms with Crippen LogP contribution < -0.4 is 0 Å². The summed E-state index contributed by atoms with van der Waals surface area (Å²) in [7, 11) is 8.15. The van der Waals surface area contributed by atoms with Crippen LogP contribution in [0.4, 0.5) is 0 Å². The molecule has 3 rings (SSSR count). The number of hydrogen-bond acceptors (Lipinski definition) is 4. The number of aromatic nitrogens is 2. The number of carbonyl (C=O) groups excluding carboxylic acids is 1. The number of amides is 1. The van der Waals surface area contributed by atoms with Crippen LogP contribution in [0.2, 0.25) is 0 Å². The van der Waals surface area contributed by atoms with E-state index >= 15 is 0 Å². The second-order valence-corrected chi connectivity index (χ2v) is 8.36. The van der Waals surface area contributed by atoms with Gasteiger partial charge in [-0.25, -0.2) is 0 Å². The smallest absolute Gasteiger partial charge is 0.251 e. The highest BCUT2D eigenvalue weighted by molar-refractivity contribution is 5.80. The summed E-state index contributed by atoms with van der Waals surface area (Å²) in [6.45, 7) is 2.52. The Kier molecular flexibility index (Phi) is 6.35. The summed E-state index contributed by atoms with van der Waals surface area (Å²) in [5.74, 6) is 1.33. The van der Waals surface area contributed by atoms with Crippen LogP contribution in [0.3, 0.4) is 0 Å². The molecule has 1 aliphatic heterocycles. The van der Waals surface area contributed by atoms with E-state index in [-0.39, 0.29) is 12.0 Å². The summed E-state index contributed by atoms with van der Waals surface area (Å²) < 4.78 is 7.56. The number of nitrogens with zero attached hydrogens (tertiary/aromatic N) is 4. The molecule has 2 fully saturated rings. The molecule has 0 spiro atoms. The molecular weight excluding hydrogens is 328 g/mol. The molecule has 1 atom stereocenters. The third-order valence-electron chi connectivity index (χ3n) is 5.85. The zero-order valence-electron chi connectivity index (χ0n) is 16.8. The van der Waals surface area contributed by atoms with Crippen molar-refractivity contribution in [3.8, 4) is 0 Å². The Morgan fingerprint density at radius 2 is 1.96 bits per heavy atom. The van der Waals surface area contributed by atoms with Gasteiger partial charge in [-0.15, -0.1) is 0 Å². The van der Waals surface area contributed by atoms with E-state index in [1.165, 1.54) is 37.1 Å². The van der Waals surface area contributed by atoms with Crippen LogP contribution in [0.5, 0.6) is 0 Å². The second-order valence-electron chi connectivity index (χ2n) is 8.36. The maximum absolute atomic E-state index is 12.4. The first-order chi connectivity index (χ1) is 12.4. The molecule has 1 aromatic rings. The second kappa shape index (κ2) is 8.53.